The molecule has 0 fully saturated rings. The zero-order valence-corrected chi connectivity index (χ0v) is 22.9. The van der Waals surface area contributed by atoms with Gasteiger partial charge in [-0.05, 0) is 35.4 Å². The van der Waals surface area contributed by atoms with Gasteiger partial charge < -0.3 is 24.0 Å². The van der Waals surface area contributed by atoms with Gasteiger partial charge in [-0.3, -0.25) is 14.2 Å². The number of amides is 2. The fraction of sp³-hybridized carbons (Fsp3) is 0.226. The number of aromatic nitrogens is 1. The third-order valence-corrected chi connectivity index (χ3v) is 6.08. The molecule has 0 aliphatic carbocycles. The number of hydrogen-bond donors (Lipinski definition) is 0. The van der Waals surface area contributed by atoms with E-state index in [4.69, 9.17) is 14.2 Å². The minimum atomic E-state index is -0.337. The second-order valence-corrected chi connectivity index (χ2v) is 9.34. The van der Waals surface area contributed by atoms with Crippen LogP contribution in [0.2, 0.25) is 0 Å². The minimum Gasteiger partial charge on any atom is -0.497 e. The van der Waals surface area contributed by atoms with Gasteiger partial charge in [-0.15, -0.1) is 0 Å². The summed E-state index contributed by atoms with van der Waals surface area (Å²) in [7, 11) is 8.22. The maximum absolute atomic E-state index is 13.7. The second kappa shape index (κ2) is 12.2. The van der Waals surface area contributed by atoms with Crippen molar-refractivity contribution in [1.29, 1.82) is 0 Å². The highest BCUT2D eigenvalue weighted by atomic mass is 16.5. The van der Waals surface area contributed by atoms with E-state index in [1.165, 1.54) is 9.80 Å². The molecular formula is C31H33N3O5. The summed E-state index contributed by atoms with van der Waals surface area (Å²) in [5.41, 5.74) is 2.79. The van der Waals surface area contributed by atoms with Crippen molar-refractivity contribution < 1.29 is 23.8 Å². The molecule has 4 rings (SSSR count). The van der Waals surface area contributed by atoms with Gasteiger partial charge in [0.15, 0.2) is 22.9 Å². The summed E-state index contributed by atoms with van der Waals surface area (Å²) in [5.74, 6) is 0.379. The fourth-order valence-electron chi connectivity index (χ4n) is 4.06. The van der Waals surface area contributed by atoms with Crippen LogP contribution >= 0.6 is 0 Å². The largest absolute Gasteiger partial charge is 0.497 e. The third kappa shape index (κ3) is 6.06. The molecule has 8 nitrogen and oxygen atoms in total. The van der Waals surface area contributed by atoms with Crippen LogP contribution in [0.3, 0.4) is 0 Å². The molecule has 4 aromatic rings. The Morgan fingerprint density at radius 1 is 0.641 bits per heavy atom. The van der Waals surface area contributed by atoms with E-state index in [0.29, 0.717) is 11.4 Å². The van der Waals surface area contributed by atoms with Crippen LogP contribution in [0, 0.1) is 0 Å². The van der Waals surface area contributed by atoms with Crippen molar-refractivity contribution in [1.82, 2.24) is 14.4 Å². The summed E-state index contributed by atoms with van der Waals surface area (Å²) in [6.07, 6.45) is 0. The van der Waals surface area contributed by atoms with Crippen LogP contribution in [0.25, 0.3) is 5.69 Å². The Bertz CT molecular complexity index is 1330. The van der Waals surface area contributed by atoms with Crippen molar-refractivity contribution in [3.05, 3.63) is 107 Å². The number of nitrogens with zero attached hydrogens (tertiary/aromatic N) is 3. The first-order valence-corrected chi connectivity index (χ1v) is 12.5. The molecule has 3 aromatic carbocycles. The van der Waals surface area contributed by atoms with E-state index in [2.05, 4.69) is 0 Å². The quantitative estimate of drug-likeness (QED) is 0.289. The number of ether oxygens (including phenoxy) is 3. The van der Waals surface area contributed by atoms with Crippen LogP contribution in [0.4, 0.5) is 0 Å². The summed E-state index contributed by atoms with van der Waals surface area (Å²) >= 11 is 0. The van der Waals surface area contributed by atoms with E-state index in [9.17, 15) is 9.59 Å². The lowest BCUT2D eigenvalue weighted by Crippen LogP contribution is -2.28. The Labute approximate surface area is 228 Å². The number of carbonyl (C=O) groups is 2. The van der Waals surface area contributed by atoms with Gasteiger partial charge in [0, 0.05) is 33.9 Å². The van der Waals surface area contributed by atoms with E-state index < -0.39 is 0 Å². The molecule has 0 bridgehead atoms. The lowest BCUT2D eigenvalue weighted by Gasteiger charge is -2.18. The lowest BCUT2D eigenvalue weighted by atomic mass is 10.2. The first-order valence-electron chi connectivity index (χ1n) is 12.5. The van der Waals surface area contributed by atoms with Crippen molar-refractivity contribution in [3.8, 4) is 22.9 Å². The van der Waals surface area contributed by atoms with Crippen LogP contribution in [-0.4, -0.2) is 61.5 Å². The molecule has 0 spiro atoms. The molecule has 0 radical (unpaired) electrons. The van der Waals surface area contributed by atoms with Crippen molar-refractivity contribution in [2.24, 2.45) is 0 Å². The van der Waals surface area contributed by atoms with Gasteiger partial charge in [0.1, 0.15) is 19.0 Å². The molecule has 0 N–H and O–H groups in total. The van der Waals surface area contributed by atoms with Crippen LogP contribution in [-0.2, 0) is 13.2 Å². The van der Waals surface area contributed by atoms with Crippen LogP contribution in [0.1, 0.15) is 32.1 Å². The van der Waals surface area contributed by atoms with Gasteiger partial charge in [0.25, 0.3) is 11.8 Å². The number of rotatable bonds is 10. The second-order valence-electron chi connectivity index (χ2n) is 9.34. The van der Waals surface area contributed by atoms with Gasteiger partial charge in [-0.1, -0.05) is 60.7 Å². The number of hydrogen-bond acceptors (Lipinski definition) is 5. The summed E-state index contributed by atoms with van der Waals surface area (Å²) in [6.45, 7) is 0.358. The summed E-state index contributed by atoms with van der Waals surface area (Å²) in [6, 6.07) is 26.4. The molecule has 0 atom stereocenters. The van der Waals surface area contributed by atoms with Crippen molar-refractivity contribution in [3.63, 3.8) is 0 Å². The lowest BCUT2D eigenvalue weighted by molar-refractivity contribution is 0.0810. The maximum Gasteiger partial charge on any atom is 0.274 e. The van der Waals surface area contributed by atoms with Crippen LogP contribution in [0.5, 0.6) is 17.2 Å². The average Bonchev–Trinajstić information content (AvgIpc) is 3.28. The maximum atomic E-state index is 13.7. The number of methoxy groups -OCH3 is 1. The zero-order valence-electron chi connectivity index (χ0n) is 22.9. The minimum absolute atomic E-state index is 0.179. The van der Waals surface area contributed by atoms with E-state index in [1.54, 1.807) is 64.1 Å². The van der Waals surface area contributed by atoms with E-state index >= 15 is 0 Å². The first kappa shape index (κ1) is 27.3. The Hall–Kier alpha value is -4.72. The zero-order chi connectivity index (χ0) is 27.9. The first-order chi connectivity index (χ1) is 18.8. The standard InChI is InChI=1S/C31H33N3O5/c1-32(2)30(35)26-28(38-20-22-12-8-6-9-13-22)29(39-21-23-14-10-7-11-15-23)27(31(36)33(3)4)34(26)24-16-18-25(37-5)19-17-24/h6-19H,20-21H2,1-5H3. The molecule has 202 valence electrons. The molecule has 0 aliphatic heterocycles. The highest BCUT2D eigenvalue weighted by Gasteiger charge is 2.35. The van der Waals surface area contributed by atoms with E-state index in [0.717, 1.165) is 11.1 Å². The summed E-state index contributed by atoms with van der Waals surface area (Å²) < 4.78 is 19.6. The molecule has 0 aliphatic rings. The molecule has 8 heteroatoms. The Morgan fingerprint density at radius 3 is 1.41 bits per heavy atom. The number of benzene rings is 3. The summed E-state index contributed by atoms with van der Waals surface area (Å²) in [4.78, 5) is 30.4. The molecule has 1 aromatic heterocycles. The Balaban J connectivity index is 1.97. The highest BCUT2D eigenvalue weighted by Crippen LogP contribution is 2.42. The molecule has 0 saturated carbocycles. The molecule has 39 heavy (non-hydrogen) atoms. The van der Waals surface area contributed by atoms with Crippen LogP contribution in [0.15, 0.2) is 84.9 Å². The Morgan fingerprint density at radius 2 is 1.05 bits per heavy atom. The monoisotopic (exact) mass is 527 g/mol. The fourth-order valence-corrected chi connectivity index (χ4v) is 4.06. The average molecular weight is 528 g/mol. The van der Waals surface area contributed by atoms with Crippen LogP contribution < -0.4 is 14.2 Å². The van der Waals surface area contributed by atoms with Gasteiger partial charge >= 0.3 is 0 Å². The number of carbonyl (C=O) groups excluding carboxylic acids is 2. The van der Waals surface area contributed by atoms with Crippen molar-refractivity contribution in [2.75, 3.05) is 35.3 Å². The van der Waals surface area contributed by atoms with Crippen molar-refractivity contribution >= 4 is 11.8 Å². The normalized spacial score (nSPS) is 10.6. The molecule has 2 amide bonds. The Kier molecular flexibility index (Phi) is 8.56. The molecule has 1 heterocycles. The molecular weight excluding hydrogens is 494 g/mol. The SMILES string of the molecule is COc1ccc(-n2c(C(=O)N(C)C)c(OCc3ccccc3)c(OCc3ccccc3)c2C(=O)N(C)C)cc1. The summed E-state index contributed by atoms with van der Waals surface area (Å²) in [5, 5.41) is 0. The van der Waals surface area contributed by atoms with Gasteiger partial charge in [-0.2, -0.15) is 0 Å². The van der Waals surface area contributed by atoms with E-state index in [-0.39, 0.29) is 47.9 Å². The highest BCUT2D eigenvalue weighted by molar-refractivity contribution is 6.04. The smallest absolute Gasteiger partial charge is 0.274 e. The van der Waals surface area contributed by atoms with Gasteiger partial charge in [0.2, 0.25) is 0 Å². The van der Waals surface area contributed by atoms with Crippen molar-refractivity contribution in [2.45, 2.75) is 13.2 Å². The predicted octanol–water partition coefficient (Wildman–Crippen LogP) is 5.05. The van der Waals surface area contributed by atoms with Gasteiger partial charge in [0.05, 0.1) is 7.11 Å². The third-order valence-electron chi connectivity index (χ3n) is 6.08. The topological polar surface area (TPSA) is 73.2 Å². The molecule has 0 unspecified atom stereocenters. The molecule has 0 saturated heterocycles. The van der Waals surface area contributed by atoms with E-state index in [1.807, 2.05) is 60.7 Å². The predicted molar refractivity (Wildman–Crippen MR) is 150 cm³/mol. The van der Waals surface area contributed by atoms with Gasteiger partial charge in [-0.25, -0.2) is 0 Å².